The average molecular weight is 417 g/mol. The summed E-state index contributed by atoms with van der Waals surface area (Å²) in [6, 6.07) is 21.8. The standard InChI is InChI=1S/C25H28N4S/c1-20-12-11-13-21(2)28(20)18-9-10-19-30-25-27-26-24(22-14-5-3-6-15-22)29(25)23-16-7-4-8-17-23/h3-8,14-17,20-21H,11-13,18-19H2,1-2H3. The van der Waals surface area contributed by atoms with Gasteiger partial charge in [-0.1, -0.05) is 78.6 Å². The summed E-state index contributed by atoms with van der Waals surface area (Å²) in [5.41, 5.74) is 2.12. The second-order valence-corrected chi connectivity index (χ2v) is 8.73. The molecule has 1 saturated heterocycles. The first-order chi connectivity index (χ1) is 14.7. The Balaban J connectivity index is 1.49. The Morgan fingerprint density at radius 1 is 0.900 bits per heavy atom. The van der Waals surface area contributed by atoms with Crippen molar-refractivity contribution in [3.63, 3.8) is 0 Å². The lowest BCUT2D eigenvalue weighted by Crippen LogP contribution is -2.43. The fraction of sp³-hybridized carbons (Fsp3) is 0.360. The summed E-state index contributed by atoms with van der Waals surface area (Å²) in [4.78, 5) is 2.53. The van der Waals surface area contributed by atoms with Crippen molar-refractivity contribution in [3.8, 4) is 28.9 Å². The highest BCUT2D eigenvalue weighted by atomic mass is 32.2. The van der Waals surface area contributed by atoms with Crippen molar-refractivity contribution in [3.05, 3.63) is 60.7 Å². The van der Waals surface area contributed by atoms with E-state index in [1.165, 1.54) is 19.3 Å². The number of hydrogen-bond acceptors (Lipinski definition) is 4. The molecule has 2 atom stereocenters. The molecule has 3 aromatic rings. The van der Waals surface area contributed by atoms with Gasteiger partial charge in [-0.3, -0.25) is 9.47 Å². The van der Waals surface area contributed by atoms with Crippen LogP contribution < -0.4 is 0 Å². The van der Waals surface area contributed by atoms with Crippen LogP contribution in [0.2, 0.25) is 0 Å². The quantitative estimate of drug-likeness (QED) is 0.418. The second-order valence-electron chi connectivity index (χ2n) is 7.79. The monoisotopic (exact) mass is 416 g/mol. The summed E-state index contributed by atoms with van der Waals surface area (Å²) < 4.78 is 2.12. The third-order valence-electron chi connectivity index (χ3n) is 5.72. The molecule has 0 aliphatic carbocycles. The van der Waals surface area contributed by atoms with E-state index in [0.29, 0.717) is 17.8 Å². The first kappa shape index (κ1) is 20.7. The van der Waals surface area contributed by atoms with E-state index in [2.05, 4.69) is 69.6 Å². The SMILES string of the molecule is CC1CCCC(C)N1CC#CCSc1nnc(-c2ccccc2)n1-c1ccccc1. The molecule has 30 heavy (non-hydrogen) atoms. The van der Waals surface area contributed by atoms with Crippen LogP contribution in [-0.4, -0.2) is 44.0 Å². The number of hydrogen-bond donors (Lipinski definition) is 0. The van der Waals surface area contributed by atoms with Gasteiger partial charge in [-0.25, -0.2) is 0 Å². The summed E-state index contributed by atoms with van der Waals surface area (Å²) in [5.74, 6) is 8.28. The van der Waals surface area contributed by atoms with Crippen LogP contribution >= 0.6 is 11.8 Å². The maximum atomic E-state index is 4.49. The van der Waals surface area contributed by atoms with E-state index < -0.39 is 0 Å². The lowest BCUT2D eigenvalue weighted by Gasteiger charge is -2.37. The Hall–Kier alpha value is -2.55. The number of piperidine rings is 1. The summed E-state index contributed by atoms with van der Waals surface area (Å²) in [6.45, 7) is 5.49. The highest BCUT2D eigenvalue weighted by Crippen LogP contribution is 2.27. The first-order valence-corrected chi connectivity index (χ1v) is 11.6. The van der Waals surface area contributed by atoms with Gasteiger partial charge in [0, 0.05) is 23.3 Å². The average Bonchev–Trinajstić information content (AvgIpc) is 3.20. The molecular weight excluding hydrogens is 388 g/mol. The molecule has 2 aromatic carbocycles. The van der Waals surface area contributed by atoms with E-state index in [1.807, 2.05) is 36.4 Å². The van der Waals surface area contributed by atoms with Crippen LogP contribution in [0, 0.1) is 11.8 Å². The van der Waals surface area contributed by atoms with Gasteiger partial charge in [0.1, 0.15) is 0 Å². The number of rotatable bonds is 5. The minimum absolute atomic E-state index is 0.630. The van der Waals surface area contributed by atoms with Crippen molar-refractivity contribution in [2.75, 3.05) is 12.3 Å². The maximum absolute atomic E-state index is 4.49. The normalized spacial score (nSPS) is 19.3. The van der Waals surface area contributed by atoms with Gasteiger partial charge in [-0.2, -0.15) is 0 Å². The topological polar surface area (TPSA) is 34.0 Å². The van der Waals surface area contributed by atoms with Crippen LogP contribution in [0.15, 0.2) is 65.8 Å². The molecule has 0 saturated carbocycles. The van der Waals surface area contributed by atoms with Crippen molar-refractivity contribution in [1.82, 2.24) is 19.7 Å². The van der Waals surface area contributed by atoms with Crippen LogP contribution in [0.3, 0.4) is 0 Å². The Kier molecular flexibility index (Phi) is 6.88. The van der Waals surface area contributed by atoms with Gasteiger partial charge < -0.3 is 0 Å². The lowest BCUT2D eigenvalue weighted by molar-refractivity contribution is 0.121. The minimum Gasteiger partial charge on any atom is -0.287 e. The Morgan fingerprint density at radius 2 is 1.57 bits per heavy atom. The Labute approximate surface area is 183 Å². The van der Waals surface area contributed by atoms with Gasteiger partial charge in [-0.05, 0) is 38.8 Å². The largest absolute Gasteiger partial charge is 0.287 e. The number of aromatic nitrogens is 3. The molecule has 1 fully saturated rings. The van der Waals surface area contributed by atoms with Crippen LogP contribution in [0.5, 0.6) is 0 Å². The third kappa shape index (κ3) is 4.77. The number of thioether (sulfide) groups is 1. The molecule has 1 aliphatic rings. The number of benzene rings is 2. The Bertz CT molecular complexity index is 994. The van der Waals surface area contributed by atoms with E-state index in [-0.39, 0.29) is 0 Å². The summed E-state index contributed by atoms with van der Waals surface area (Å²) in [7, 11) is 0. The fourth-order valence-corrected chi connectivity index (χ4v) is 4.76. The number of nitrogens with zero attached hydrogens (tertiary/aromatic N) is 4. The molecule has 154 valence electrons. The van der Waals surface area contributed by atoms with E-state index in [0.717, 1.165) is 28.8 Å². The highest BCUT2D eigenvalue weighted by molar-refractivity contribution is 7.99. The van der Waals surface area contributed by atoms with Gasteiger partial charge in [0.2, 0.25) is 0 Å². The molecule has 2 unspecified atom stereocenters. The van der Waals surface area contributed by atoms with E-state index >= 15 is 0 Å². The fourth-order valence-electron chi connectivity index (χ4n) is 4.03. The molecule has 0 radical (unpaired) electrons. The zero-order valence-corrected chi connectivity index (χ0v) is 18.5. The molecule has 1 aliphatic heterocycles. The van der Waals surface area contributed by atoms with Gasteiger partial charge in [0.25, 0.3) is 0 Å². The van der Waals surface area contributed by atoms with Crippen LogP contribution in [0.25, 0.3) is 17.1 Å². The van der Waals surface area contributed by atoms with Crippen molar-refractivity contribution in [1.29, 1.82) is 0 Å². The van der Waals surface area contributed by atoms with Gasteiger partial charge >= 0.3 is 0 Å². The Morgan fingerprint density at radius 3 is 2.27 bits per heavy atom. The number of para-hydroxylation sites is 1. The summed E-state index contributed by atoms with van der Waals surface area (Å²) in [6.07, 6.45) is 3.90. The molecule has 2 heterocycles. The zero-order valence-electron chi connectivity index (χ0n) is 17.7. The zero-order chi connectivity index (χ0) is 20.8. The minimum atomic E-state index is 0.630. The molecule has 4 rings (SSSR count). The van der Waals surface area contributed by atoms with Gasteiger partial charge in [-0.15, -0.1) is 10.2 Å². The molecule has 0 N–H and O–H groups in total. The predicted molar refractivity (Wildman–Crippen MR) is 125 cm³/mol. The summed E-state index contributed by atoms with van der Waals surface area (Å²) >= 11 is 1.64. The van der Waals surface area contributed by atoms with Gasteiger partial charge in [0.05, 0.1) is 12.3 Å². The van der Waals surface area contributed by atoms with E-state index in [1.54, 1.807) is 11.8 Å². The van der Waals surface area contributed by atoms with Crippen LogP contribution in [-0.2, 0) is 0 Å². The molecule has 0 spiro atoms. The van der Waals surface area contributed by atoms with Crippen LogP contribution in [0.1, 0.15) is 33.1 Å². The van der Waals surface area contributed by atoms with E-state index in [9.17, 15) is 0 Å². The molecule has 1 aromatic heterocycles. The van der Waals surface area contributed by atoms with Crippen molar-refractivity contribution in [2.45, 2.75) is 50.4 Å². The molecule has 0 bridgehead atoms. The smallest absolute Gasteiger partial charge is 0.197 e. The molecule has 5 heteroatoms. The molecule has 0 amide bonds. The molecular formula is C25H28N4S. The predicted octanol–water partition coefficient (Wildman–Crippen LogP) is 5.29. The number of likely N-dealkylation sites (tertiary alicyclic amines) is 1. The van der Waals surface area contributed by atoms with Gasteiger partial charge in [0.15, 0.2) is 11.0 Å². The van der Waals surface area contributed by atoms with Crippen molar-refractivity contribution < 1.29 is 0 Å². The van der Waals surface area contributed by atoms with Crippen molar-refractivity contribution in [2.24, 2.45) is 0 Å². The molecule has 4 nitrogen and oxygen atoms in total. The van der Waals surface area contributed by atoms with Crippen molar-refractivity contribution >= 4 is 11.8 Å². The third-order valence-corrected chi connectivity index (χ3v) is 6.53. The van der Waals surface area contributed by atoms with E-state index in [4.69, 9.17) is 0 Å². The van der Waals surface area contributed by atoms with Crippen LogP contribution in [0.4, 0.5) is 0 Å². The maximum Gasteiger partial charge on any atom is 0.197 e. The lowest BCUT2D eigenvalue weighted by atomic mass is 9.98. The second kappa shape index (κ2) is 9.97. The first-order valence-electron chi connectivity index (χ1n) is 10.6. The summed E-state index contributed by atoms with van der Waals surface area (Å²) in [5, 5.41) is 9.84. The highest BCUT2D eigenvalue weighted by Gasteiger charge is 2.23.